The molecule has 0 aromatic heterocycles. The minimum atomic E-state index is -4.14. The molecule has 2 N–H and O–H groups in total. The van der Waals surface area contributed by atoms with E-state index in [9.17, 15) is 13.2 Å². The highest BCUT2D eigenvalue weighted by atomic mass is 19.4. The molecule has 1 unspecified atom stereocenters. The molecule has 0 fully saturated rings. The molecule has 4 heteroatoms. The standard InChI is InChI=1S/C9H12F3N/c1-6-7(5-13)3-2-4-8(6)9(10,11)12/h2-3,8H,4-5,13H2,1H3. The molecule has 1 aliphatic carbocycles. The van der Waals surface area contributed by atoms with Gasteiger partial charge >= 0.3 is 6.18 Å². The van der Waals surface area contributed by atoms with Gasteiger partial charge in [-0.25, -0.2) is 0 Å². The molecule has 0 bridgehead atoms. The number of nitrogens with two attached hydrogens (primary N) is 1. The molecule has 0 aromatic carbocycles. The van der Waals surface area contributed by atoms with E-state index in [2.05, 4.69) is 0 Å². The molecule has 1 atom stereocenters. The lowest BCUT2D eigenvalue weighted by Crippen LogP contribution is -2.26. The van der Waals surface area contributed by atoms with Crippen molar-refractivity contribution >= 4 is 0 Å². The molecule has 0 amide bonds. The van der Waals surface area contributed by atoms with Crippen LogP contribution in [0.25, 0.3) is 0 Å². The molecule has 0 aliphatic heterocycles. The Bertz CT molecular complexity index is 250. The van der Waals surface area contributed by atoms with Gasteiger partial charge in [0.05, 0.1) is 5.92 Å². The molecule has 74 valence electrons. The van der Waals surface area contributed by atoms with Gasteiger partial charge in [0, 0.05) is 6.54 Å². The van der Waals surface area contributed by atoms with Crippen LogP contribution in [0.5, 0.6) is 0 Å². The van der Waals surface area contributed by atoms with E-state index in [0.29, 0.717) is 11.1 Å². The molecule has 1 rings (SSSR count). The number of hydrogen-bond donors (Lipinski definition) is 1. The topological polar surface area (TPSA) is 26.0 Å². The van der Waals surface area contributed by atoms with Crippen LogP contribution in [0.1, 0.15) is 13.3 Å². The number of allylic oxidation sites excluding steroid dienone is 2. The summed E-state index contributed by atoms with van der Waals surface area (Å²) in [6, 6.07) is 0. The molecule has 0 saturated heterocycles. The van der Waals surface area contributed by atoms with E-state index in [1.165, 1.54) is 13.0 Å². The molecule has 0 radical (unpaired) electrons. The van der Waals surface area contributed by atoms with Crippen molar-refractivity contribution in [3.8, 4) is 0 Å². The first kappa shape index (κ1) is 10.3. The highest BCUT2D eigenvalue weighted by Gasteiger charge is 2.41. The summed E-state index contributed by atoms with van der Waals surface area (Å²) < 4.78 is 37.2. The fraction of sp³-hybridized carbons (Fsp3) is 0.556. The highest BCUT2D eigenvalue weighted by Crippen LogP contribution is 2.38. The monoisotopic (exact) mass is 191 g/mol. The van der Waals surface area contributed by atoms with Crippen molar-refractivity contribution in [1.29, 1.82) is 0 Å². The zero-order chi connectivity index (χ0) is 10.1. The van der Waals surface area contributed by atoms with Crippen LogP contribution in [0.3, 0.4) is 0 Å². The first-order chi connectivity index (χ1) is 5.96. The second-order valence-electron chi connectivity index (χ2n) is 3.14. The van der Waals surface area contributed by atoms with Gasteiger partial charge < -0.3 is 5.73 Å². The third-order valence-corrected chi connectivity index (χ3v) is 2.34. The fourth-order valence-corrected chi connectivity index (χ4v) is 1.49. The van der Waals surface area contributed by atoms with Gasteiger partial charge in [0.1, 0.15) is 0 Å². The number of rotatable bonds is 1. The molecule has 0 aromatic rings. The Balaban J connectivity index is 2.93. The Kier molecular flexibility index (Phi) is 2.81. The number of hydrogen-bond acceptors (Lipinski definition) is 1. The molecule has 1 aliphatic rings. The van der Waals surface area contributed by atoms with Crippen molar-refractivity contribution in [3.63, 3.8) is 0 Å². The van der Waals surface area contributed by atoms with Crippen molar-refractivity contribution in [2.24, 2.45) is 11.7 Å². The van der Waals surface area contributed by atoms with Crippen molar-refractivity contribution in [2.45, 2.75) is 19.5 Å². The average molecular weight is 191 g/mol. The first-order valence-corrected chi connectivity index (χ1v) is 4.09. The normalized spacial score (nSPS) is 23.9. The molecule has 0 heterocycles. The van der Waals surface area contributed by atoms with Gasteiger partial charge in [0.2, 0.25) is 0 Å². The second-order valence-corrected chi connectivity index (χ2v) is 3.14. The van der Waals surface area contributed by atoms with E-state index in [0.717, 1.165) is 0 Å². The van der Waals surface area contributed by atoms with Crippen LogP contribution in [-0.4, -0.2) is 12.7 Å². The van der Waals surface area contributed by atoms with E-state index < -0.39 is 12.1 Å². The fourth-order valence-electron chi connectivity index (χ4n) is 1.49. The maximum Gasteiger partial charge on any atom is 0.395 e. The average Bonchev–Trinajstić information content (AvgIpc) is 2.02. The summed E-state index contributed by atoms with van der Waals surface area (Å²) in [6.45, 7) is 1.68. The predicted octanol–water partition coefficient (Wildman–Crippen LogP) is 2.40. The summed E-state index contributed by atoms with van der Waals surface area (Å²) >= 11 is 0. The third-order valence-electron chi connectivity index (χ3n) is 2.34. The summed E-state index contributed by atoms with van der Waals surface area (Å²) in [4.78, 5) is 0. The minimum Gasteiger partial charge on any atom is -0.326 e. The SMILES string of the molecule is CC1=C(CN)C=CCC1C(F)(F)F. The molecule has 0 spiro atoms. The van der Waals surface area contributed by atoms with Crippen LogP contribution in [0.4, 0.5) is 13.2 Å². The van der Waals surface area contributed by atoms with E-state index in [-0.39, 0.29) is 13.0 Å². The summed E-state index contributed by atoms with van der Waals surface area (Å²) in [5.41, 5.74) is 6.29. The predicted molar refractivity (Wildman–Crippen MR) is 45.1 cm³/mol. The maximum atomic E-state index is 12.4. The minimum absolute atomic E-state index is 0.0405. The summed E-state index contributed by atoms with van der Waals surface area (Å²) in [7, 11) is 0. The number of halogens is 3. The van der Waals surface area contributed by atoms with Gasteiger partial charge in [-0.05, 0) is 18.9 Å². The Morgan fingerprint density at radius 3 is 2.62 bits per heavy atom. The molecule has 1 nitrogen and oxygen atoms in total. The largest absolute Gasteiger partial charge is 0.395 e. The zero-order valence-corrected chi connectivity index (χ0v) is 7.36. The van der Waals surface area contributed by atoms with Gasteiger partial charge in [-0.15, -0.1) is 0 Å². The lowest BCUT2D eigenvalue weighted by Gasteiger charge is -2.24. The summed E-state index contributed by atoms with van der Waals surface area (Å²) in [5, 5.41) is 0. The Morgan fingerprint density at radius 2 is 2.15 bits per heavy atom. The summed E-state index contributed by atoms with van der Waals surface area (Å²) in [6.07, 6.45) is -0.890. The molecular formula is C9H12F3N. The van der Waals surface area contributed by atoms with Gasteiger partial charge in [0.15, 0.2) is 0 Å². The van der Waals surface area contributed by atoms with Crippen LogP contribution in [0.15, 0.2) is 23.3 Å². The maximum absolute atomic E-state index is 12.4. The Hall–Kier alpha value is -0.770. The van der Waals surface area contributed by atoms with Gasteiger partial charge in [-0.2, -0.15) is 13.2 Å². The molecule has 0 saturated carbocycles. The lowest BCUT2D eigenvalue weighted by atomic mass is 9.87. The van der Waals surface area contributed by atoms with Crippen LogP contribution < -0.4 is 5.73 Å². The van der Waals surface area contributed by atoms with Crippen molar-refractivity contribution in [3.05, 3.63) is 23.3 Å². The van der Waals surface area contributed by atoms with Crippen molar-refractivity contribution < 1.29 is 13.2 Å². The Morgan fingerprint density at radius 1 is 1.54 bits per heavy atom. The molecule has 13 heavy (non-hydrogen) atoms. The van der Waals surface area contributed by atoms with Crippen molar-refractivity contribution in [1.82, 2.24) is 0 Å². The highest BCUT2D eigenvalue weighted by molar-refractivity contribution is 5.32. The first-order valence-electron chi connectivity index (χ1n) is 4.09. The van der Waals surface area contributed by atoms with Gasteiger partial charge in [-0.1, -0.05) is 17.7 Å². The summed E-state index contributed by atoms with van der Waals surface area (Å²) in [5.74, 6) is -1.34. The number of alkyl halides is 3. The smallest absolute Gasteiger partial charge is 0.326 e. The third kappa shape index (κ3) is 2.12. The zero-order valence-electron chi connectivity index (χ0n) is 7.36. The van der Waals surface area contributed by atoms with Gasteiger partial charge in [-0.3, -0.25) is 0 Å². The lowest BCUT2D eigenvalue weighted by molar-refractivity contribution is -0.163. The van der Waals surface area contributed by atoms with E-state index in [1.54, 1.807) is 6.08 Å². The Labute approximate surface area is 75.1 Å². The van der Waals surface area contributed by atoms with Crippen LogP contribution in [-0.2, 0) is 0 Å². The molecular weight excluding hydrogens is 179 g/mol. The van der Waals surface area contributed by atoms with E-state index in [1.807, 2.05) is 0 Å². The van der Waals surface area contributed by atoms with Crippen LogP contribution in [0.2, 0.25) is 0 Å². The van der Waals surface area contributed by atoms with E-state index >= 15 is 0 Å². The van der Waals surface area contributed by atoms with Crippen LogP contribution in [0, 0.1) is 5.92 Å². The second kappa shape index (κ2) is 3.54. The van der Waals surface area contributed by atoms with Crippen molar-refractivity contribution in [2.75, 3.05) is 6.54 Å². The van der Waals surface area contributed by atoms with Crippen LogP contribution >= 0.6 is 0 Å². The quantitative estimate of drug-likeness (QED) is 0.676. The van der Waals surface area contributed by atoms with Gasteiger partial charge in [0.25, 0.3) is 0 Å². The van der Waals surface area contributed by atoms with E-state index in [4.69, 9.17) is 5.73 Å².